The molecule has 1 saturated heterocycles. The summed E-state index contributed by atoms with van der Waals surface area (Å²) in [6.45, 7) is 9.04. The van der Waals surface area contributed by atoms with Crippen LogP contribution in [0.2, 0.25) is 0 Å². The van der Waals surface area contributed by atoms with Gasteiger partial charge in [0.05, 0.1) is 24.3 Å². The van der Waals surface area contributed by atoms with Gasteiger partial charge >= 0.3 is 6.09 Å². The fourth-order valence-electron chi connectivity index (χ4n) is 6.49. The van der Waals surface area contributed by atoms with Crippen molar-refractivity contribution in [2.45, 2.75) is 76.3 Å². The van der Waals surface area contributed by atoms with Crippen LogP contribution in [0, 0.1) is 5.92 Å². The number of carbonyl (C=O) groups is 2. The van der Waals surface area contributed by atoms with Crippen molar-refractivity contribution in [2.24, 2.45) is 5.92 Å². The van der Waals surface area contributed by atoms with Gasteiger partial charge in [0, 0.05) is 43.5 Å². The molecular formula is C39H51N3O6S. The van der Waals surface area contributed by atoms with Crippen LogP contribution in [0.5, 0.6) is 5.75 Å². The molecule has 1 aliphatic heterocycles. The molecule has 1 heterocycles. The molecule has 5 rings (SSSR count). The monoisotopic (exact) mass is 689 g/mol. The Kier molecular flexibility index (Phi) is 13.0. The summed E-state index contributed by atoms with van der Waals surface area (Å²) in [4.78, 5) is 29.4. The van der Waals surface area contributed by atoms with Crippen LogP contribution in [0.3, 0.4) is 0 Å². The highest BCUT2D eigenvalue weighted by Crippen LogP contribution is 2.32. The van der Waals surface area contributed by atoms with Crippen LogP contribution in [0.4, 0.5) is 4.79 Å². The normalized spacial score (nSPS) is 19.7. The van der Waals surface area contributed by atoms with Crippen molar-refractivity contribution in [2.75, 3.05) is 37.7 Å². The molecular weight excluding hydrogens is 639 g/mol. The molecule has 0 saturated carbocycles. The lowest BCUT2D eigenvalue weighted by atomic mass is 9.88. The molecule has 0 bridgehead atoms. The zero-order chi connectivity index (χ0) is 34.8. The Balaban J connectivity index is 1.31. The first kappa shape index (κ1) is 36.7. The first-order valence-electron chi connectivity index (χ1n) is 17.3. The maximum absolute atomic E-state index is 14.1. The molecule has 49 heavy (non-hydrogen) atoms. The summed E-state index contributed by atoms with van der Waals surface area (Å²) in [5, 5.41) is 28.6. The van der Waals surface area contributed by atoms with Crippen molar-refractivity contribution in [3.8, 4) is 5.75 Å². The summed E-state index contributed by atoms with van der Waals surface area (Å²) in [5.41, 5.74) is 3.05. The van der Waals surface area contributed by atoms with Gasteiger partial charge in [0.25, 0.3) is 0 Å². The van der Waals surface area contributed by atoms with E-state index in [2.05, 4.69) is 15.5 Å². The van der Waals surface area contributed by atoms with Crippen LogP contribution in [0.15, 0.2) is 78.9 Å². The Morgan fingerprint density at radius 3 is 2.33 bits per heavy atom. The quantitative estimate of drug-likeness (QED) is 0.188. The number of alkyl carbamates (subject to hydrolysis) is 1. The fraction of sp³-hybridized carbons (Fsp3) is 0.487. The van der Waals surface area contributed by atoms with Crippen molar-refractivity contribution in [1.29, 1.82) is 0 Å². The minimum Gasteiger partial charge on any atom is -0.492 e. The first-order chi connectivity index (χ1) is 23.5. The van der Waals surface area contributed by atoms with Crippen LogP contribution in [0.25, 0.3) is 0 Å². The number of ether oxygens (including phenoxy) is 2. The molecule has 2 aliphatic rings. The van der Waals surface area contributed by atoms with E-state index in [1.807, 2.05) is 90.6 Å². The fourth-order valence-corrected chi connectivity index (χ4v) is 7.47. The number of fused-ring (bicyclic) bond motifs is 1. The third kappa shape index (κ3) is 11.2. The van der Waals surface area contributed by atoms with Crippen molar-refractivity contribution in [1.82, 2.24) is 15.5 Å². The van der Waals surface area contributed by atoms with Gasteiger partial charge in [-0.05, 0) is 74.4 Å². The number of hydrogen-bond donors (Lipinski definition) is 4. The van der Waals surface area contributed by atoms with Crippen molar-refractivity contribution in [3.63, 3.8) is 0 Å². The lowest BCUT2D eigenvalue weighted by molar-refractivity contribution is -0.127. The zero-order valence-electron chi connectivity index (χ0n) is 28.8. The third-order valence-electron chi connectivity index (χ3n) is 9.05. The van der Waals surface area contributed by atoms with Crippen LogP contribution in [0.1, 0.15) is 55.5 Å². The van der Waals surface area contributed by atoms with Gasteiger partial charge in [0.2, 0.25) is 5.91 Å². The predicted octanol–water partition coefficient (Wildman–Crippen LogP) is 4.93. The highest BCUT2D eigenvalue weighted by atomic mass is 32.2. The van der Waals surface area contributed by atoms with Gasteiger partial charge in [-0.3, -0.25) is 9.69 Å². The van der Waals surface area contributed by atoms with E-state index < -0.39 is 41.9 Å². The van der Waals surface area contributed by atoms with Crippen LogP contribution < -0.4 is 15.4 Å². The number of nitrogens with zero attached hydrogens (tertiary/aromatic N) is 1. The van der Waals surface area contributed by atoms with E-state index in [4.69, 9.17) is 9.47 Å². The lowest BCUT2D eigenvalue weighted by Crippen LogP contribution is -2.48. The molecule has 9 nitrogen and oxygen atoms in total. The van der Waals surface area contributed by atoms with Gasteiger partial charge in [-0.1, -0.05) is 66.7 Å². The van der Waals surface area contributed by atoms with Crippen molar-refractivity contribution < 1.29 is 29.3 Å². The predicted molar refractivity (Wildman–Crippen MR) is 194 cm³/mol. The topological polar surface area (TPSA) is 120 Å². The molecule has 3 aromatic rings. The van der Waals surface area contributed by atoms with E-state index in [0.29, 0.717) is 25.9 Å². The van der Waals surface area contributed by atoms with Gasteiger partial charge in [-0.25, -0.2) is 4.79 Å². The number of amides is 2. The SMILES string of the molecule is CC(C)(C)OC(=O)NC(Cc1ccccc1)C(O)CC(Cc1ccc(OCCN2CCSCC2)cc1)C(=O)N[C@H]1c2ccccc2C[C@@H]1O. The van der Waals surface area contributed by atoms with Gasteiger partial charge in [0.1, 0.15) is 18.0 Å². The molecule has 2 amide bonds. The maximum Gasteiger partial charge on any atom is 0.407 e. The third-order valence-corrected chi connectivity index (χ3v) is 9.99. The van der Waals surface area contributed by atoms with Crippen LogP contribution in [-0.4, -0.2) is 88.7 Å². The van der Waals surface area contributed by atoms with Crippen LogP contribution in [-0.2, 0) is 28.8 Å². The maximum atomic E-state index is 14.1. The molecule has 5 atom stereocenters. The Bertz CT molecular complexity index is 1490. The number of hydrogen-bond acceptors (Lipinski definition) is 8. The minimum absolute atomic E-state index is 0.0793. The largest absolute Gasteiger partial charge is 0.492 e. The van der Waals surface area contributed by atoms with Crippen molar-refractivity contribution in [3.05, 3.63) is 101 Å². The molecule has 3 unspecified atom stereocenters. The molecule has 1 fully saturated rings. The number of rotatable bonds is 14. The highest BCUT2D eigenvalue weighted by molar-refractivity contribution is 7.99. The standard InChI is InChI=1S/C39H51N3O6S/c1-39(2,3)48-38(46)40-33(24-27-9-5-4-6-10-27)34(43)26-30(37(45)41-36-32-12-8-7-11-29(32)25-35(36)44)23-28-13-15-31(16-14-28)47-20-17-42-18-21-49-22-19-42/h4-16,30,33-36,43-44H,17-26H2,1-3H3,(H,40,46)(H,41,45)/t30?,33?,34?,35-,36-/m0/s1. The minimum atomic E-state index is -1.07. The average Bonchev–Trinajstić information content (AvgIpc) is 3.39. The number of carbonyl (C=O) groups excluding carboxylic acids is 2. The van der Waals surface area contributed by atoms with E-state index in [1.165, 1.54) is 0 Å². The Morgan fingerprint density at radius 2 is 1.61 bits per heavy atom. The second-order valence-electron chi connectivity index (χ2n) is 14.0. The molecule has 1 aliphatic carbocycles. The Hall–Kier alpha value is -3.57. The second kappa shape index (κ2) is 17.4. The second-order valence-corrected chi connectivity index (χ2v) is 15.3. The summed E-state index contributed by atoms with van der Waals surface area (Å²) in [5.74, 6) is 2.17. The van der Waals surface area contributed by atoms with E-state index >= 15 is 0 Å². The van der Waals surface area contributed by atoms with E-state index in [-0.39, 0.29) is 12.3 Å². The number of aliphatic hydroxyl groups excluding tert-OH is 2. The zero-order valence-corrected chi connectivity index (χ0v) is 29.7. The molecule has 4 N–H and O–H groups in total. The van der Waals surface area contributed by atoms with Gasteiger partial charge in [-0.2, -0.15) is 11.8 Å². The van der Waals surface area contributed by atoms with Gasteiger partial charge in [0.15, 0.2) is 0 Å². The van der Waals surface area contributed by atoms with E-state index in [9.17, 15) is 19.8 Å². The molecule has 264 valence electrons. The Morgan fingerprint density at radius 1 is 0.939 bits per heavy atom. The smallest absolute Gasteiger partial charge is 0.407 e. The summed E-state index contributed by atoms with van der Waals surface area (Å²) < 4.78 is 11.6. The van der Waals surface area contributed by atoms with Crippen LogP contribution >= 0.6 is 11.8 Å². The highest BCUT2D eigenvalue weighted by Gasteiger charge is 2.35. The summed E-state index contributed by atoms with van der Waals surface area (Å²) in [6.07, 6.45) is -1.20. The van der Waals surface area contributed by atoms with E-state index in [0.717, 1.165) is 59.1 Å². The van der Waals surface area contributed by atoms with Gasteiger partial charge < -0.3 is 30.3 Å². The summed E-state index contributed by atoms with van der Waals surface area (Å²) in [6, 6.07) is 23.9. The first-order valence-corrected chi connectivity index (χ1v) is 18.5. The molecule has 10 heteroatoms. The number of benzene rings is 3. The lowest BCUT2D eigenvalue weighted by Gasteiger charge is -2.30. The number of thioether (sulfide) groups is 1. The molecule has 0 spiro atoms. The Labute approximate surface area is 294 Å². The van der Waals surface area contributed by atoms with Gasteiger partial charge in [-0.15, -0.1) is 0 Å². The molecule has 0 radical (unpaired) electrons. The number of nitrogens with one attached hydrogen (secondary N) is 2. The molecule has 3 aromatic carbocycles. The van der Waals surface area contributed by atoms with Crippen molar-refractivity contribution >= 4 is 23.8 Å². The molecule has 0 aromatic heterocycles. The summed E-state index contributed by atoms with van der Waals surface area (Å²) in [7, 11) is 0. The number of aliphatic hydroxyl groups is 2. The average molecular weight is 690 g/mol. The van der Waals surface area contributed by atoms with E-state index in [1.54, 1.807) is 20.8 Å². The summed E-state index contributed by atoms with van der Waals surface area (Å²) >= 11 is 1.99.